The van der Waals surface area contributed by atoms with Crippen LogP contribution in [0.3, 0.4) is 0 Å². The molecule has 14 heavy (non-hydrogen) atoms. The molecule has 0 saturated carbocycles. The topological polar surface area (TPSA) is 57.5 Å². The molecule has 0 spiro atoms. The molecule has 0 radical (unpaired) electrons. The van der Waals surface area contributed by atoms with Crippen LogP contribution in [0.1, 0.15) is 18.6 Å². The first kappa shape index (κ1) is 11.0. The number of carboxylic acid groups (broad SMARTS) is 1. The average Bonchev–Trinajstić information content (AvgIpc) is 2.16. The zero-order chi connectivity index (χ0) is 10.7. The Morgan fingerprint density at radius 2 is 1.86 bits per heavy atom. The van der Waals surface area contributed by atoms with Gasteiger partial charge in [0.2, 0.25) is 0 Å². The van der Waals surface area contributed by atoms with Gasteiger partial charge >= 0.3 is 5.97 Å². The van der Waals surface area contributed by atoms with E-state index in [-0.39, 0.29) is 0 Å². The number of aliphatic hydroxyl groups excluding tert-OH is 1. The third kappa shape index (κ3) is 2.47. The van der Waals surface area contributed by atoms with E-state index in [0.29, 0.717) is 10.6 Å². The molecule has 1 rings (SSSR count). The van der Waals surface area contributed by atoms with Crippen LogP contribution in [0.25, 0.3) is 0 Å². The lowest BCUT2D eigenvalue weighted by Crippen LogP contribution is -2.18. The fourth-order valence-electron chi connectivity index (χ4n) is 1.08. The molecule has 0 aromatic heterocycles. The summed E-state index contributed by atoms with van der Waals surface area (Å²) in [5.41, 5.74) is 0.560. The van der Waals surface area contributed by atoms with Crippen LogP contribution in [0.4, 0.5) is 0 Å². The molecule has 0 bridgehead atoms. The van der Waals surface area contributed by atoms with Crippen molar-refractivity contribution in [1.82, 2.24) is 0 Å². The Morgan fingerprint density at radius 3 is 2.29 bits per heavy atom. The van der Waals surface area contributed by atoms with E-state index in [1.165, 1.54) is 6.92 Å². The van der Waals surface area contributed by atoms with Crippen molar-refractivity contribution in [3.63, 3.8) is 0 Å². The van der Waals surface area contributed by atoms with Crippen molar-refractivity contribution >= 4 is 17.6 Å². The summed E-state index contributed by atoms with van der Waals surface area (Å²) in [6, 6.07) is 6.47. The minimum Gasteiger partial charge on any atom is -0.481 e. The molecule has 1 aromatic rings. The number of benzene rings is 1. The van der Waals surface area contributed by atoms with Gasteiger partial charge in [0.1, 0.15) is 0 Å². The molecule has 0 saturated heterocycles. The summed E-state index contributed by atoms with van der Waals surface area (Å²) < 4.78 is 0. The smallest absolute Gasteiger partial charge is 0.309 e. The second-order valence-electron chi connectivity index (χ2n) is 3.12. The van der Waals surface area contributed by atoms with E-state index in [4.69, 9.17) is 16.7 Å². The molecule has 0 amide bonds. The molecule has 2 N–H and O–H groups in total. The molecule has 4 heteroatoms. The number of aliphatic carboxylic acids is 1. The second kappa shape index (κ2) is 4.44. The van der Waals surface area contributed by atoms with Gasteiger partial charge in [-0.05, 0) is 24.6 Å². The molecule has 76 valence electrons. The summed E-state index contributed by atoms with van der Waals surface area (Å²) >= 11 is 5.66. The van der Waals surface area contributed by atoms with Gasteiger partial charge in [0.25, 0.3) is 0 Å². The van der Waals surface area contributed by atoms with Crippen LogP contribution in [-0.4, -0.2) is 16.2 Å². The molecule has 0 heterocycles. The highest BCUT2D eigenvalue weighted by Gasteiger charge is 2.22. The number of carbonyl (C=O) groups is 1. The highest BCUT2D eigenvalue weighted by molar-refractivity contribution is 6.30. The first-order chi connectivity index (χ1) is 6.52. The van der Waals surface area contributed by atoms with E-state index in [1.54, 1.807) is 24.3 Å². The molecule has 0 fully saturated rings. The SMILES string of the molecule is CC(C(=O)O)C(O)c1ccc(Cl)cc1. The Labute approximate surface area is 86.9 Å². The lowest BCUT2D eigenvalue weighted by molar-refractivity contribution is -0.145. The van der Waals surface area contributed by atoms with Crippen LogP contribution in [0.2, 0.25) is 5.02 Å². The highest BCUT2D eigenvalue weighted by Crippen LogP contribution is 2.23. The second-order valence-corrected chi connectivity index (χ2v) is 3.56. The number of carboxylic acids is 1. The van der Waals surface area contributed by atoms with Gasteiger partial charge in [-0.15, -0.1) is 0 Å². The first-order valence-corrected chi connectivity index (χ1v) is 4.56. The standard InChI is InChI=1S/C10H11ClO3/c1-6(10(13)14)9(12)7-2-4-8(11)5-3-7/h2-6,9,12H,1H3,(H,13,14). The zero-order valence-electron chi connectivity index (χ0n) is 7.64. The minimum absolute atomic E-state index is 0.559. The lowest BCUT2D eigenvalue weighted by atomic mass is 9.98. The van der Waals surface area contributed by atoms with Crippen molar-refractivity contribution in [3.05, 3.63) is 34.9 Å². The number of hydrogen-bond acceptors (Lipinski definition) is 2. The highest BCUT2D eigenvalue weighted by atomic mass is 35.5. The molecule has 0 aliphatic carbocycles. The quantitative estimate of drug-likeness (QED) is 0.810. The zero-order valence-corrected chi connectivity index (χ0v) is 8.40. The fraction of sp³-hybridized carbons (Fsp3) is 0.300. The fourth-order valence-corrected chi connectivity index (χ4v) is 1.21. The molecule has 0 aliphatic heterocycles. The van der Waals surface area contributed by atoms with Crippen molar-refractivity contribution in [2.24, 2.45) is 5.92 Å². The lowest BCUT2D eigenvalue weighted by Gasteiger charge is -2.14. The Hall–Kier alpha value is -1.06. The van der Waals surface area contributed by atoms with Crippen molar-refractivity contribution in [2.75, 3.05) is 0 Å². The van der Waals surface area contributed by atoms with Gasteiger partial charge in [-0.2, -0.15) is 0 Å². The summed E-state index contributed by atoms with van der Waals surface area (Å²) in [5, 5.41) is 18.9. The number of rotatable bonds is 3. The summed E-state index contributed by atoms with van der Waals surface area (Å²) in [5.74, 6) is -1.84. The molecule has 3 nitrogen and oxygen atoms in total. The Bertz CT molecular complexity index is 321. The van der Waals surface area contributed by atoms with Crippen molar-refractivity contribution < 1.29 is 15.0 Å². The third-order valence-corrected chi connectivity index (χ3v) is 2.33. The summed E-state index contributed by atoms with van der Waals surface area (Å²) in [6.45, 7) is 1.46. The van der Waals surface area contributed by atoms with E-state index in [1.807, 2.05) is 0 Å². The minimum atomic E-state index is -1.02. The predicted octanol–water partition coefficient (Wildman–Crippen LogP) is 2.09. The van der Waals surface area contributed by atoms with Crippen LogP contribution < -0.4 is 0 Å². The monoisotopic (exact) mass is 214 g/mol. The molecule has 2 atom stereocenters. The van der Waals surface area contributed by atoms with Gasteiger partial charge in [-0.3, -0.25) is 4.79 Å². The summed E-state index contributed by atoms with van der Waals surface area (Å²) in [6.07, 6.45) is -0.996. The normalized spacial score (nSPS) is 14.8. The molecule has 2 unspecified atom stereocenters. The molecule has 0 aliphatic rings. The number of aliphatic hydroxyl groups is 1. The maximum absolute atomic E-state index is 10.6. The van der Waals surface area contributed by atoms with Gasteiger partial charge in [-0.1, -0.05) is 23.7 Å². The molecular formula is C10H11ClO3. The third-order valence-electron chi connectivity index (χ3n) is 2.07. The van der Waals surface area contributed by atoms with Crippen LogP contribution in [0.5, 0.6) is 0 Å². The Balaban J connectivity index is 2.84. The van der Waals surface area contributed by atoms with E-state index in [2.05, 4.69) is 0 Å². The molecular weight excluding hydrogens is 204 g/mol. The van der Waals surface area contributed by atoms with Gasteiger partial charge in [0, 0.05) is 5.02 Å². The largest absolute Gasteiger partial charge is 0.481 e. The van der Waals surface area contributed by atoms with Crippen molar-refractivity contribution in [1.29, 1.82) is 0 Å². The average molecular weight is 215 g/mol. The number of halogens is 1. The summed E-state index contributed by atoms with van der Waals surface area (Å²) in [7, 11) is 0. The van der Waals surface area contributed by atoms with Crippen molar-refractivity contribution in [3.8, 4) is 0 Å². The van der Waals surface area contributed by atoms with Crippen LogP contribution in [0.15, 0.2) is 24.3 Å². The van der Waals surface area contributed by atoms with Crippen LogP contribution in [0, 0.1) is 5.92 Å². The van der Waals surface area contributed by atoms with Crippen LogP contribution >= 0.6 is 11.6 Å². The first-order valence-electron chi connectivity index (χ1n) is 4.18. The maximum atomic E-state index is 10.6. The van der Waals surface area contributed by atoms with Crippen molar-refractivity contribution in [2.45, 2.75) is 13.0 Å². The molecule has 1 aromatic carbocycles. The Kier molecular flexibility index (Phi) is 3.49. The predicted molar refractivity (Wildman–Crippen MR) is 53.2 cm³/mol. The van der Waals surface area contributed by atoms with Gasteiger partial charge in [0.15, 0.2) is 0 Å². The van der Waals surface area contributed by atoms with E-state index >= 15 is 0 Å². The van der Waals surface area contributed by atoms with Gasteiger partial charge < -0.3 is 10.2 Å². The van der Waals surface area contributed by atoms with Gasteiger partial charge in [0.05, 0.1) is 12.0 Å². The Morgan fingerprint density at radius 1 is 1.36 bits per heavy atom. The number of hydrogen-bond donors (Lipinski definition) is 2. The van der Waals surface area contributed by atoms with E-state index in [0.717, 1.165) is 0 Å². The van der Waals surface area contributed by atoms with E-state index in [9.17, 15) is 9.90 Å². The van der Waals surface area contributed by atoms with Gasteiger partial charge in [-0.25, -0.2) is 0 Å². The summed E-state index contributed by atoms with van der Waals surface area (Å²) in [4.78, 5) is 10.6. The van der Waals surface area contributed by atoms with Crippen LogP contribution in [-0.2, 0) is 4.79 Å². The van der Waals surface area contributed by atoms with E-state index < -0.39 is 18.0 Å². The maximum Gasteiger partial charge on any atom is 0.309 e.